The highest BCUT2D eigenvalue weighted by molar-refractivity contribution is 5.79. The lowest BCUT2D eigenvalue weighted by Crippen LogP contribution is -2.49. The standard InChI is InChI=1S/C20H31FN8/c1-3-19-26-25-16-29(19)11-9-24-20(22-2)23-8-10-27-12-14-28(15-13-27)18-6-4-17(21)5-7-18/h4-7,16H,3,8-15H2,1-2H3,(H2,22,23,24). The molecule has 0 saturated carbocycles. The first-order chi connectivity index (χ1) is 14.2. The Labute approximate surface area is 171 Å². The largest absolute Gasteiger partial charge is 0.369 e. The maximum absolute atomic E-state index is 13.1. The number of hydrogen-bond donors (Lipinski definition) is 2. The van der Waals surface area contributed by atoms with Crippen molar-refractivity contribution in [2.75, 3.05) is 57.8 Å². The van der Waals surface area contributed by atoms with Gasteiger partial charge in [-0.3, -0.25) is 9.89 Å². The van der Waals surface area contributed by atoms with Crippen LogP contribution in [-0.2, 0) is 13.0 Å². The van der Waals surface area contributed by atoms with Crippen molar-refractivity contribution in [2.45, 2.75) is 19.9 Å². The summed E-state index contributed by atoms with van der Waals surface area (Å²) in [4.78, 5) is 9.03. The van der Waals surface area contributed by atoms with E-state index in [1.807, 2.05) is 12.1 Å². The summed E-state index contributed by atoms with van der Waals surface area (Å²) in [7, 11) is 1.78. The highest BCUT2D eigenvalue weighted by atomic mass is 19.1. The number of hydrogen-bond acceptors (Lipinski definition) is 5. The minimum atomic E-state index is -0.187. The zero-order valence-corrected chi connectivity index (χ0v) is 17.3. The fourth-order valence-electron chi connectivity index (χ4n) is 3.47. The van der Waals surface area contributed by atoms with E-state index in [2.05, 4.69) is 47.1 Å². The number of aliphatic imine (C=N–C) groups is 1. The molecule has 0 radical (unpaired) electrons. The van der Waals surface area contributed by atoms with Gasteiger partial charge in [0.25, 0.3) is 0 Å². The Morgan fingerprint density at radius 2 is 1.76 bits per heavy atom. The number of nitrogens with zero attached hydrogens (tertiary/aromatic N) is 6. The van der Waals surface area contributed by atoms with Crippen molar-refractivity contribution in [3.8, 4) is 0 Å². The predicted octanol–water partition coefficient (Wildman–Crippen LogP) is 0.967. The van der Waals surface area contributed by atoms with Crippen molar-refractivity contribution in [2.24, 2.45) is 4.99 Å². The van der Waals surface area contributed by atoms with Gasteiger partial charge in [0.05, 0.1) is 0 Å². The maximum atomic E-state index is 13.1. The van der Waals surface area contributed by atoms with E-state index in [9.17, 15) is 4.39 Å². The van der Waals surface area contributed by atoms with Gasteiger partial charge in [0, 0.05) is 71.5 Å². The molecule has 0 spiro atoms. The molecular weight excluding hydrogens is 371 g/mol. The lowest BCUT2D eigenvalue weighted by molar-refractivity contribution is 0.261. The van der Waals surface area contributed by atoms with Gasteiger partial charge in [-0.1, -0.05) is 6.92 Å². The number of guanidine groups is 1. The highest BCUT2D eigenvalue weighted by Gasteiger charge is 2.16. The zero-order chi connectivity index (χ0) is 20.5. The molecule has 1 aromatic carbocycles. The van der Waals surface area contributed by atoms with Gasteiger partial charge >= 0.3 is 0 Å². The molecule has 0 atom stereocenters. The van der Waals surface area contributed by atoms with Crippen LogP contribution in [0.3, 0.4) is 0 Å². The van der Waals surface area contributed by atoms with Gasteiger partial charge in [-0.2, -0.15) is 0 Å². The Kier molecular flexibility index (Phi) is 7.80. The summed E-state index contributed by atoms with van der Waals surface area (Å²) >= 11 is 0. The van der Waals surface area contributed by atoms with Crippen molar-refractivity contribution in [1.29, 1.82) is 0 Å². The summed E-state index contributed by atoms with van der Waals surface area (Å²) < 4.78 is 15.1. The predicted molar refractivity (Wildman–Crippen MR) is 114 cm³/mol. The third kappa shape index (κ3) is 6.15. The number of piperazine rings is 1. The van der Waals surface area contributed by atoms with Crippen LogP contribution in [0.5, 0.6) is 0 Å². The quantitative estimate of drug-likeness (QED) is 0.506. The second-order valence-corrected chi connectivity index (χ2v) is 7.02. The number of nitrogens with one attached hydrogen (secondary N) is 2. The second-order valence-electron chi connectivity index (χ2n) is 7.02. The Balaban J connectivity index is 1.32. The van der Waals surface area contributed by atoms with Crippen LogP contribution in [0, 0.1) is 5.82 Å². The molecule has 0 aliphatic carbocycles. The van der Waals surface area contributed by atoms with Gasteiger partial charge in [-0.15, -0.1) is 10.2 Å². The molecule has 1 aromatic heterocycles. The molecule has 1 saturated heterocycles. The van der Waals surface area contributed by atoms with Crippen molar-refractivity contribution < 1.29 is 4.39 Å². The first-order valence-corrected chi connectivity index (χ1v) is 10.2. The minimum absolute atomic E-state index is 0.187. The number of aromatic nitrogens is 3. The molecule has 8 nitrogen and oxygen atoms in total. The fraction of sp³-hybridized carbons (Fsp3) is 0.550. The SMILES string of the molecule is CCc1nncn1CCNC(=NC)NCCN1CCN(c2ccc(F)cc2)CC1. The number of halogens is 1. The lowest BCUT2D eigenvalue weighted by atomic mass is 10.2. The molecule has 2 aromatic rings. The Hall–Kier alpha value is -2.68. The summed E-state index contributed by atoms with van der Waals surface area (Å²) in [6.07, 6.45) is 2.64. The van der Waals surface area contributed by atoms with Crippen molar-refractivity contribution >= 4 is 11.6 Å². The molecule has 29 heavy (non-hydrogen) atoms. The third-order valence-electron chi connectivity index (χ3n) is 5.17. The van der Waals surface area contributed by atoms with Crippen LogP contribution in [0.1, 0.15) is 12.7 Å². The van der Waals surface area contributed by atoms with E-state index in [-0.39, 0.29) is 5.82 Å². The molecule has 158 valence electrons. The van der Waals surface area contributed by atoms with E-state index in [0.29, 0.717) is 0 Å². The van der Waals surface area contributed by atoms with E-state index >= 15 is 0 Å². The van der Waals surface area contributed by atoms with Gasteiger partial charge in [0.1, 0.15) is 18.0 Å². The molecule has 1 fully saturated rings. The van der Waals surface area contributed by atoms with Gasteiger partial charge in [-0.25, -0.2) is 4.39 Å². The Morgan fingerprint density at radius 3 is 2.41 bits per heavy atom. The van der Waals surface area contributed by atoms with Crippen molar-refractivity contribution in [3.05, 3.63) is 42.2 Å². The lowest BCUT2D eigenvalue weighted by Gasteiger charge is -2.36. The van der Waals surface area contributed by atoms with Gasteiger partial charge in [-0.05, 0) is 24.3 Å². The van der Waals surface area contributed by atoms with Crippen LogP contribution < -0.4 is 15.5 Å². The molecule has 0 amide bonds. The average molecular weight is 403 g/mol. The summed E-state index contributed by atoms with van der Waals surface area (Å²) in [5.41, 5.74) is 1.09. The molecule has 2 N–H and O–H groups in total. The maximum Gasteiger partial charge on any atom is 0.191 e. The summed E-state index contributed by atoms with van der Waals surface area (Å²) in [5, 5.41) is 14.8. The number of anilines is 1. The molecule has 0 unspecified atom stereocenters. The second kappa shape index (κ2) is 10.8. The molecule has 2 heterocycles. The number of benzene rings is 1. The van der Waals surface area contributed by atoms with Crippen LogP contribution in [0.4, 0.5) is 10.1 Å². The average Bonchev–Trinajstić information content (AvgIpc) is 3.21. The molecule has 3 rings (SSSR count). The summed E-state index contributed by atoms with van der Waals surface area (Å²) in [6.45, 7) is 9.36. The summed E-state index contributed by atoms with van der Waals surface area (Å²) in [6, 6.07) is 6.75. The van der Waals surface area contributed by atoms with E-state index < -0.39 is 0 Å². The van der Waals surface area contributed by atoms with Crippen molar-refractivity contribution in [1.82, 2.24) is 30.3 Å². The van der Waals surface area contributed by atoms with Crippen LogP contribution in [0.2, 0.25) is 0 Å². The first-order valence-electron chi connectivity index (χ1n) is 10.2. The minimum Gasteiger partial charge on any atom is -0.369 e. The molecule has 9 heteroatoms. The number of aryl methyl sites for hydroxylation is 1. The Morgan fingerprint density at radius 1 is 1.07 bits per heavy atom. The highest BCUT2D eigenvalue weighted by Crippen LogP contribution is 2.16. The van der Waals surface area contributed by atoms with Crippen LogP contribution >= 0.6 is 0 Å². The number of rotatable bonds is 8. The zero-order valence-electron chi connectivity index (χ0n) is 17.3. The van der Waals surface area contributed by atoms with E-state index in [1.165, 1.54) is 12.1 Å². The van der Waals surface area contributed by atoms with Gasteiger partial charge < -0.3 is 20.1 Å². The summed E-state index contributed by atoms with van der Waals surface area (Å²) in [5.74, 6) is 1.61. The Bertz CT molecular complexity index is 765. The smallest absolute Gasteiger partial charge is 0.191 e. The topological polar surface area (TPSA) is 73.6 Å². The van der Waals surface area contributed by atoms with Crippen molar-refractivity contribution in [3.63, 3.8) is 0 Å². The fourth-order valence-corrected chi connectivity index (χ4v) is 3.47. The van der Waals surface area contributed by atoms with Gasteiger partial charge in [0.15, 0.2) is 5.96 Å². The monoisotopic (exact) mass is 402 g/mol. The first kappa shape index (κ1) is 21.0. The van der Waals surface area contributed by atoms with E-state index in [4.69, 9.17) is 0 Å². The third-order valence-corrected chi connectivity index (χ3v) is 5.17. The van der Waals surface area contributed by atoms with Crippen LogP contribution in [0.25, 0.3) is 0 Å². The molecule has 0 bridgehead atoms. The normalized spacial score (nSPS) is 15.6. The van der Waals surface area contributed by atoms with E-state index in [0.717, 1.165) is 76.3 Å². The van der Waals surface area contributed by atoms with Crippen LogP contribution in [-0.4, -0.2) is 78.5 Å². The molecular formula is C20H31FN8. The molecule has 1 aliphatic rings. The van der Waals surface area contributed by atoms with Crippen LogP contribution in [0.15, 0.2) is 35.6 Å². The molecule has 1 aliphatic heterocycles. The van der Waals surface area contributed by atoms with E-state index in [1.54, 1.807) is 13.4 Å². The van der Waals surface area contributed by atoms with Gasteiger partial charge in [0.2, 0.25) is 0 Å².